The number of ether oxygens (including phenoxy) is 1. The maximum absolute atomic E-state index is 12.6. The van der Waals surface area contributed by atoms with Crippen molar-refractivity contribution in [3.05, 3.63) is 64.7 Å². The number of carbonyl (C=O) groups excluding carboxylic acids is 1. The van der Waals surface area contributed by atoms with Crippen LogP contribution in [0.5, 0.6) is 5.75 Å². The van der Waals surface area contributed by atoms with Crippen LogP contribution in [0.2, 0.25) is 5.02 Å². The molecule has 1 amide bonds. The highest BCUT2D eigenvalue weighted by Crippen LogP contribution is 2.24. The molecular formula is C20H22ClNO4. The highest BCUT2D eigenvalue weighted by molar-refractivity contribution is 6.30. The predicted octanol–water partition coefficient (Wildman–Crippen LogP) is 3.69. The van der Waals surface area contributed by atoms with Crippen LogP contribution in [-0.2, 0) is 22.6 Å². The molecule has 0 saturated heterocycles. The van der Waals surface area contributed by atoms with Crippen molar-refractivity contribution in [2.24, 2.45) is 5.41 Å². The van der Waals surface area contributed by atoms with Gasteiger partial charge in [-0.2, -0.15) is 0 Å². The zero-order chi connectivity index (χ0) is 19.2. The summed E-state index contributed by atoms with van der Waals surface area (Å²) in [6.07, 6.45) is 0.571. The van der Waals surface area contributed by atoms with E-state index in [-0.39, 0.29) is 5.91 Å². The Kier molecular flexibility index (Phi) is 6.64. The molecule has 2 N–H and O–H groups in total. The lowest BCUT2D eigenvalue weighted by Gasteiger charge is -2.24. The Morgan fingerprint density at radius 2 is 1.81 bits per heavy atom. The van der Waals surface area contributed by atoms with Gasteiger partial charge in [0.15, 0.2) is 6.61 Å². The average molecular weight is 376 g/mol. The first-order chi connectivity index (χ1) is 12.3. The van der Waals surface area contributed by atoms with Crippen LogP contribution >= 0.6 is 11.6 Å². The third kappa shape index (κ3) is 6.08. The highest BCUT2D eigenvalue weighted by atomic mass is 35.5. The first kappa shape index (κ1) is 19.8. The summed E-state index contributed by atoms with van der Waals surface area (Å²) in [4.78, 5) is 23.1. The summed E-state index contributed by atoms with van der Waals surface area (Å²) in [7, 11) is 0. The Hall–Kier alpha value is -2.53. The number of amides is 1. The largest absolute Gasteiger partial charge is 0.482 e. The molecule has 0 aliphatic heterocycles. The lowest BCUT2D eigenvalue weighted by atomic mass is 9.85. The van der Waals surface area contributed by atoms with Gasteiger partial charge in [0.1, 0.15) is 5.75 Å². The van der Waals surface area contributed by atoms with Crippen LogP contribution in [0, 0.1) is 5.41 Å². The summed E-state index contributed by atoms with van der Waals surface area (Å²) in [5, 5.41) is 12.2. The van der Waals surface area contributed by atoms with E-state index in [0.717, 1.165) is 11.1 Å². The van der Waals surface area contributed by atoms with Gasteiger partial charge >= 0.3 is 5.97 Å². The van der Waals surface area contributed by atoms with Crippen LogP contribution in [0.3, 0.4) is 0 Å². The molecule has 0 aliphatic rings. The summed E-state index contributed by atoms with van der Waals surface area (Å²) in [5.41, 5.74) is 1.24. The van der Waals surface area contributed by atoms with E-state index in [1.54, 1.807) is 24.3 Å². The molecule has 0 aliphatic carbocycles. The standard InChI is InChI=1S/C20H22ClNO4/c1-20(2,11-14-5-3-7-16(21)9-14)19(25)22-12-15-6-4-8-17(10-15)26-13-18(23)24/h3-10H,11-13H2,1-2H3,(H,22,25)(H,23,24). The number of rotatable bonds is 8. The van der Waals surface area contributed by atoms with E-state index in [4.69, 9.17) is 21.4 Å². The SMILES string of the molecule is CC(C)(Cc1cccc(Cl)c1)C(=O)NCc1cccc(OCC(=O)O)c1. The second-order valence-electron chi connectivity index (χ2n) is 6.70. The first-order valence-electron chi connectivity index (χ1n) is 8.22. The fourth-order valence-electron chi connectivity index (χ4n) is 2.55. The Morgan fingerprint density at radius 3 is 2.50 bits per heavy atom. The quantitative estimate of drug-likeness (QED) is 0.737. The van der Waals surface area contributed by atoms with Gasteiger partial charge in [-0.3, -0.25) is 4.79 Å². The van der Waals surface area contributed by atoms with Gasteiger partial charge < -0.3 is 15.2 Å². The molecule has 0 aromatic heterocycles. The third-order valence-corrected chi connectivity index (χ3v) is 4.10. The minimum Gasteiger partial charge on any atom is -0.482 e. The van der Waals surface area contributed by atoms with Crippen LogP contribution in [0.4, 0.5) is 0 Å². The molecule has 0 saturated carbocycles. The number of carbonyl (C=O) groups is 2. The van der Waals surface area contributed by atoms with E-state index < -0.39 is 18.0 Å². The molecule has 0 atom stereocenters. The molecule has 2 rings (SSSR count). The number of benzene rings is 2. The number of halogens is 1. The van der Waals surface area contributed by atoms with Crippen LogP contribution in [0.15, 0.2) is 48.5 Å². The molecule has 0 bridgehead atoms. The van der Waals surface area contributed by atoms with Gasteiger partial charge in [-0.25, -0.2) is 4.79 Å². The van der Waals surface area contributed by atoms with Gasteiger partial charge in [0, 0.05) is 17.0 Å². The number of carboxylic acids is 1. The van der Waals surface area contributed by atoms with Gasteiger partial charge in [0.2, 0.25) is 5.91 Å². The van der Waals surface area contributed by atoms with Gasteiger partial charge in [0.05, 0.1) is 0 Å². The molecule has 0 spiro atoms. The van der Waals surface area contributed by atoms with Crippen molar-refractivity contribution in [1.82, 2.24) is 5.32 Å². The van der Waals surface area contributed by atoms with E-state index in [1.165, 1.54) is 0 Å². The molecule has 2 aromatic rings. The van der Waals surface area contributed by atoms with E-state index >= 15 is 0 Å². The number of nitrogens with one attached hydrogen (secondary N) is 1. The van der Waals surface area contributed by atoms with Crippen LogP contribution in [0.25, 0.3) is 0 Å². The molecule has 5 nitrogen and oxygen atoms in total. The summed E-state index contributed by atoms with van der Waals surface area (Å²) in [6.45, 7) is 3.70. The van der Waals surface area contributed by atoms with Gasteiger partial charge in [0.25, 0.3) is 0 Å². The minimum absolute atomic E-state index is 0.0747. The summed E-state index contributed by atoms with van der Waals surface area (Å²) in [6, 6.07) is 14.5. The number of hydrogen-bond donors (Lipinski definition) is 2. The normalized spacial score (nSPS) is 11.0. The van der Waals surface area contributed by atoms with Crippen LogP contribution in [-0.4, -0.2) is 23.6 Å². The zero-order valence-electron chi connectivity index (χ0n) is 14.8. The monoisotopic (exact) mass is 375 g/mol. The van der Waals surface area contributed by atoms with E-state index in [1.807, 2.05) is 38.1 Å². The molecule has 2 aromatic carbocycles. The molecule has 0 heterocycles. The number of hydrogen-bond acceptors (Lipinski definition) is 3. The van der Waals surface area contributed by atoms with Crippen molar-refractivity contribution in [2.75, 3.05) is 6.61 Å². The van der Waals surface area contributed by atoms with Gasteiger partial charge in [-0.05, 0) is 41.8 Å². The van der Waals surface area contributed by atoms with Crippen molar-refractivity contribution in [2.45, 2.75) is 26.8 Å². The van der Waals surface area contributed by atoms with E-state index in [0.29, 0.717) is 23.7 Å². The van der Waals surface area contributed by atoms with Crippen molar-refractivity contribution in [3.8, 4) is 5.75 Å². The van der Waals surface area contributed by atoms with Crippen LogP contribution < -0.4 is 10.1 Å². The second kappa shape index (κ2) is 8.72. The fourth-order valence-corrected chi connectivity index (χ4v) is 2.76. The zero-order valence-corrected chi connectivity index (χ0v) is 15.5. The molecule has 6 heteroatoms. The Bertz CT molecular complexity index is 789. The first-order valence-corrected chi connectivity index (χ1v) is 8.60. The van der Waals surface area contributed by atoms with E-state index in [2.05, 4.69) is 5.32 Å². The average Bonchev–Trinajstić information content (AvgIpc) is 2.58. The van der Waals surface area contributed by atoms with Gasteiger partial charge in [-0.1, -0.05) is 49.7 Å². The molecular weight excluding hydrogens is 354 g/mol. The molecule has 0 unspecified atom stereocenters. The smallest absolute Gasteiger partial charge is 0.341 e. The van der Waals surface area contributed by atoms with Crippen LogP contribution in [0.1, 0.15) is 25.0 Å². The maximum atomic E-state index is 12.6. The van der Waals surface area contributed by atoms with E-state index in [9.17, 15) is 9.59 Å². The predicted molar refractivity (Wildman–Crippen MR) is 100 cm³/mol. The number of carboxylic acid groups (broad SMARTS) is 1. The second-order valence-corrected chi connectivity index (χ2v) is 7.14. The molecule has 138 valence electrons. The van der Waals surface area contributed by atoms with Gasteiger partial charge in [-0.15, -0.1) is 0 Å². The summed E-state index contributed by atoms with van der Waals surface area (Å²) >= 11 is 6.01. The Labute approximate surface area is 157 Å². The minimum atomic E-state index is -1.04. The molecule has 0 fully saturated rings. The van der Waals surface area contributed by atoms with Crippen molar-refractivity contribution < 1.29 is 19.4 Å². The lowest BCUT2D eigenvalue weighted by Crippen LogP contribution is -2.38. The van der Waals surface area contributed by atoms with Crippen molar-refractivity contribution >= 4 is 23.5 Å². The maximum Gasteiger partial charge on any atom is 0.341 e. The third-order valence-electron chi connectivity index (χ3n) is 3.86. The Balaban J connectivity index is 1.94. The summed E-state index contributed by atoms with van der Waals surface area (Å²) < 4.78 is 5.15. The Morgan fingerprint density at radius 1 is 1.12 bits per heavy atom. The topological polar surface area (TPSA) is 75.6 Å². The molecule has 26 heavy (non-hydrogen) atoms. The fraction of sp³-hybridized carbons (Fsp3) is 0.300. The van der Waals surface area contributed by atoms with Crippen molar-refractivity contribution in [1.29, 1.82) is 0 Å². The lowest BCUT2D eigenvalue weighted by molar-refractivity contribution is -0.139. The highest BCUT2D eigenvalue weighted by Gasteiger charge is 2.27. The summed E-state index contributed by atoms with van der Waals surface area (Å²) in [5.74, 6) is -0.654. The number of aliphatic carboxylic acids is 1. The van der Waals surface area contributed by atoms with Crippen molar-refractivity contribution in [3.63, 3.8) is 0 Å². The molecule has 0 radical (unpaired) electrons.